The minimum absolute atomic E-state index is 0.204. The zero-order valence-electron chi connectivity index (χ0n) is 12.7. The van der Waals surface area contributed by atoms with E-state index < -0.39 is 5.82 Å². The van der Waals surface area contributed by atoms with Crippen LogP contribution in [0.3, 0.4) is 0 Å². The monoisotopic (exact) mass is 311 g/mol. The van der Waals surface area contributed by atoms with E-state index in [1.807, 2.05) is 26.0 Å². The standard InChI is InChI=1S/C18H14FNO3/c1-3-22-14-7-5-11-15-18(23-17(11)9(14)2)16(21)12-8-10(19)4-6-13(12)20-15/h4-8H,3H2,1-2H3,(H,20,21). The van der Waals surface area contributed by atoms with Crippen molar-refractivity contribution in [2.24, 2.45) is 0 Å². The molecule has 1 N–H and O–H groups in total. The number of hydrogen-bond acceptors (Lipinski definition) is 3. The van der Waals surface area contributed by atoms with Gasteiger partial charge in [-0.1, -0.05) is 0 Å². The van der Waals surface area contributed by atoms with Gasteiger partial charge in [-0.3, -0.25) is 4.79 Å². The lowest BCUT2D eigenvalue weighted by Crippen LogP contribution is -2.02. The predicted molar refractivity (Wildman–Crippen MR) is 87.7 cm³/mol. The first kappa shape index (κ1) is 13.8. The third-order valence-electron chi connectivity index (χ3n) is 4.05. The van der Waals surface area contributed by atoms with Crippen LogP contribution >= 0.6 is 0 Å². The Morgan fingerprint density at radius 2 is 2.00 bits per heavy atom. The zero-order valence-corrected chi connectivity index (χ0v) is 12.7. The Balaban J connectivity index is 2.16. The van der Waals surface area contributed by atoms with Gasteiger partial charge in [-0.05, 0) is 44.2 Å². The van der Waals surface area contributed by atoms with Crippen LogP contribution in [0.5, 0.6) is 5.75 Å². The molecule has 23 heavy (non-hydrogen) atoms. The smallest absolute Gasteiger partial charge is 0.232 e. The molecule has 0 atom stereocenters. The molecule has 5 heteroatoms. The molecule has 2 heterocycles. The topological polar surface area (TPSA) is 55.2 Å². The fraction of sp³-hybridized carbons (Fsp3) is 0.167. The molecule has 4 rings (SSSR count). The Hall–Kier alpha value is -2.82. The average molecular weight is 311 g/mol. The summed E-state index contributed by atoms with van der Waals surface area (Å²) in [4.78, 5) is 15.8. The van der Waals surface area contributed by atoms with Crippen molar-refractivity contribution >= 4 is 33.0 Å². The van der Waals surface area contributed by atoms with Gasteiger partial charge in [-0.2, -0.15) is 0 Å². The van der Waals surface area contributed by atoms with Crippen molar-refractivity contribution in [2.45, 2.75) is 13.8 Å². The fourth-order valence-corrected chi connectivity index (χ4v) is 2.94. The first-order chi connectivity index (χ1) is 11.1. The highest BCUT2D eigenvalue weighted by Crippen LogP contribution is 2.33. The van der Waals surface area contributed by atoms with E-state index in [-0.39, 0.29) is 16.4 Å². The highest BCUT2D eigenvalue weighted by Gasteiger charge is 2.17. The van der Waals surface area contributed by atoms with Gasteiger partial charge >= 0.3 is 0 Å². The molecule has 0 aliphatic carbocycles. The molecular formula is C18H14FNO3. The summed E-state index contributed by atoms with van der Waals surface area (Å²) in [5, 5.41) is 1.09. The molecule has 0 saturated carbocycles. The number of pyridine rings is 1. The number of fused-ring (bicyclic) bond motifs is 4. The molecule has 4 aromatic rings. The summed E-state index contributed by atoms with van der Waals surface area (Å²) in [5.41, 5.74) is 2.53. The lowest BCUT2D eigenvalue weighted by atomic mass is 10.1. The molecule has 4 nitrogen and oxygen atoms in total. The minimum Gasteiger partial charge on any atom is -0.493 e. The minimum atomic E-state index is -0.451. The van der Waals surface area contributed by atoms with Crippen LogP contribution in [0.4, 0.5) is 4.39 Å². The number of H-pyrrole nitrogens is 1. The molecule has 0 fully saturated rings. The Bertz CT molecular complexity index is 1120. The van der Waals surface area contributed by atoms with Crippen LogP contribution in [0.1, 0.15) is 12.5 Å². The number of aromatic amines is 1. The maximum Gasteiger partial charge on any atom is 0.232 e. The molecule has 0 radical (unpaired) electrons. The number of nitrogens with one attached hydrogen (secondary N) is 1. The van der Waals surface area contributed by atoms with Gasteiger partial charge in [0.2, 0.25) is 5.43 Å². The second-order valence-corrected chi connectivity index (χ2v) is 5.45. The van der Waals surface area contributed by atoms with Crippen molar-refractivity contribution in [2.75, 3.05) is 6.61 Å². The van der Waals surface area contributed by atoms with Crippen molar-refractivity contribution in [3.8, 4) is 5.75 Å². The molecule has 2 aromatic carbocycles. The summed E-state index contributed by atoms with van der Waals surface area (Å²) in [7, 11) is 0. The molecule has 0 aliphatic rings. The Morgan fingerprint density at radius 1 is 1.17 bits per heavy atom. The molecule has 2 aromatic heterocycles. The number of benzene rings is 2. The third kappa shape index (κ3) is 1.93. The summed E-state index contributed by atoms with van der Waals surface area (Å²) >= 11 is 0. The van der Waals surface area contributed by atoms with E-state index in [0.29, 0.717) is 23.2 Å². The van der Waals surface area contributed by atoms with Crippen LogP contribution in [0, 0.1) is 12.7 Å². The van der Waals surface area contributed by atoms with Gasteiger partial charge in [0.25, 0.3) is 0 Å². The lowest BCUT2D eigenvalue weighted by molar-refractivity contribution is 0.338. The maximum atomic E-state index is 13.4. The number of hydrogen-bond donors (Lipinski definition) is 1. The van der Waals surface area contributed by atoms with Gasteiger partial charge < -0.3 is 14.1 Å². The largest absolute Gasteiger partial charge is 0.493 e. The summed E-state index contributed by atoms with van der Waals surface area (Å²) in [6.07, 6.45) is 0. The van der Waals surface area contributed by atoms with Gasteiger partial charge in [0.05, 0.1) is 23.0 Å². The second-order valence-electron chi connectivity index (χ2n) is 5.45. The van der Waals surface area contributed by atoms with Crippen molar-refractivity contribution in [1.29, 1.82) is 0 Å². The van der Waals surface area contributed by atoms with E-state index in [0.717, 1.165) is 16.7 Å². The summed E-state index contributed by atoms with van der Waals surface area (Å²) in [6.45, 7) is 4.35. The first-order valence-electron chi connectivity index (χ1n) is 7.40. The van der Waals surface area contributed by atoms with Gasteiger partial charge in [0.15, 0.2) is 5.58 Å². The van der Waals surface area contributed by atoms with Crippen molar-refractivity contribution in [3.63, 3.8) is 0 Å². The maximum absolute atomic E-state index is 13.4. The van der Waals surface area contributed by atoms with Crippen molar-refractivity contribution < 1.29 is 13.5 Å². The van der Waals surface area contributed by atoms with Gasteiger partial charge in [-0.15, -0.1) is 0 Å². The molecule has 0 amide bonds. The van der Waals surface area contributed by atoms with Crippen LogP contribution in [-0.2, 0) is 0 Å². The summed E-state index contributed by atoms with van der Waals surface area (Å²) < 4.78 is 24.8. The van der Waals surface area contributed by atoms with Gasteiger partial charge in [0, 0.05) is 10.9 Å². The third-order valence-corrected chi connectivity index (χ3v) is 4.05. The molecule has 0 saturated heterocycles. The van der Waals surface area contributed by atoms with E-state index in [4.69, 9.17) is 9.15 Å². The molecule has 0 spiro atoms. The van der Waals surface area contributed by atoms with Gasteiger partial charge in [0.1, 0.15) is 17.1 Å². The van der Waals surface area contributed by atoms with E-state index in [9.17, 15) is 9.18 Å². The Morgan fingerprint density at radius 3 is 2.78 bits per heavy atom. The first-order valence-corrected chi connectivity index (χ1v) is 7.40. The van der Waals surface area contributed by atoms with Crippen LogP contribution < -0.4 is 10.2 Å². The van der Waals surface area contributed by atoms with Crippen molar-refractivity contribution in [1.82, 2.24) is 4.98 Å². The summed E-state index contributed by atoms with van der Waals surface area (Å²) in [6, 6.07) is 7.84. The molecule has 0 unspecified atom stereocenters. The normalized spacial score (nSPS) is 11.6. The molecule has 0 bridgehead atoms. The second kappa shape index (κ2) is 4.84. The molecule has 0 aliphatic heterocycles. The van der Waals surface area contributed by atoms with Gasteiger partial charge in [-0.25, -0.2) is 4.39 Å². The van der Waals surface area contributed by atoms with E-state index in [2.05, 4.69) is 4.98 Å². The highest BCUT2D eigenvalue weighted by molar-refractivity contribution is 6.07. The highest BCUT2D eigenvalue weighted by atomic mass is 19.1. The van der Waals surface area contributed by atoms with Crippen LogP contribution in [0.25, 0.3) is 33.0 Å². The van der Waals surface area contributed by atoms with Crippen molar-refractivity contribution in [3.05, 3.63) is 51.9 Å². The van der Waals surface area contributed by atoms with E-state index in [1.54, 1.807) is 6.07 Å². The SMILES string of the molecule is CCOc1ccc2c(oc3c(=O)c4cc(F)ccc4[nH]c32)c1C. The number of halogens is 1. The van der Waals surface area contributed by atoms with E-state index >= 15 is 0 Å². The average Bonchev–Trinajstić information content (AvgIpc) is 2.91. The van der Waals surface area contributed by atoms with E-state index in [1.165, 1.54) is 12.1 Å². The van der Waals surface area contributed by atoms with Crippen LogP contribution in [0.2, 0.25) is 0 Å². The molecular weight excluding hydrogens is 297 g/mol. The quantitative estimate of drug-likeness (QED) is 0.601. The Kier molecular flexibility index (Phi) is 2.91. The zero-order chi connectivity index (χ0) is 16.1. The lowest BCUT2D eigenvalue weighted by Gasteiger charge is -2.06. The molecule has 116 valence electrons. The number of furan rings is 1. The number of rotatable bonds is 2. The number of ether oxygens (including phenoxy) is 1. The fourth-order valence-electron chi connectivity index (χ4n) is 2.94. The summed E-state index contributed by atoms with van der Waals surface area (Å²) in [5.74, 6) is 0.273. The number of aromatic nitrogens is 1. The predicted octanol–water partition coefficient (Wildman–Crippen LogP) is 4.27. The van der Waals surface area contributed by atoms with Crippen LogP contribution in [-0.4, -0.2) is 11.6 Å². The number of aryl methyl sites for hydroxylation is 1. The Labute approximate surface area is 130 Å². The van der Waals surface area contributed by atoms with Crippen LogP contribution in [0.15, 0.2) is 39.5 Å².